The summed E-state index contributed by atoms with van der Waals surface area (Å²) in [7, 11) is 0. The number of aliphatic hydroxyl groups is 1. The lowest BCUT2D eigenvalue weighted by Crippen LogP contribution is -2.56. The summed E-state index contributed by atoms with van der Waals surface area (Å²) in [6, 6.07) is 0. The first kappa shape index (κ1) is 31.0. The van der Waals surface area contributed by atoms with Crippen molar-refractivity contribution < 1.29 is 33.3 Å². The fraction of sp³-hybridized carbons (Fsp3) is 0.867. The van der Waals surface area contributed by atoms with Gasteiger partial charge in [0.25, 0.3) is 0 Å². The Bertz CT molecular complexity index is 1070. The van der Waals surface area contributed by atoms with Crippen LogP contribution in [0.1, 0.15) is 79.6 Å². The third kappa shape index (κ3) is 4.68. The van der Waals surface area contributed by atoms with Crippen molar-refractivity contribution >= 4 is 46.6 Å². The monoisotopic (exact) mass is 622 g/mol. The average Bonchev–Trinajstić information content (AvgIpc) is 3.22. The number of halogens is 4. The number of fused-ring (bicyclic) bond motifs is 7. The molecule has 0 aromatic rings. The molecule has 1 spiro atoms. The molecule has 2 heterocycles. The molecule has 6 aliphatic rings. The van der Waals surface area contributed by atoms with E-state index in [1.54, 1.807) is 0 Å². The minimum absolute atomic E-state index is 0.0377. The molecule has 4 aliphatic carbocycles. The summed E-state index contributed by atoms with van der Waals surface area (Å²) >= 11 is 14.4. The van der Waals surface area contributed by atoms with Crippen molar-refractivity contribution in [2.45, 2.75) is 108 Å². The fourth-order valence-corrected chi connectivity index (χ4v) is 9.79. The van der Waals surface area contributed by atoms with Crippen molar-refractivity contribution in [3.8, 4) is 0 Å². The Kier molecular flexibility index (Phi) is 8.23. The van der Waals surface area contributed by atoms with E-state index in [2.05, 4.69) is 6.92 Å². The minimum atomic E-state index is -1.58. The number of carbonyl (C=O) groups excluding carboxylic acids is 2. The van der Waals surface area contributed by atoms with Gasteiger partial charge in [0.15, 0.2) is 22.0 Å². The van der Waals surface area contributed by atoms with Crippen LogP contribution in [0.15, 0.2) is 11.6 Å². The molecule has 10 heteroatoms. The summed E-state index contributed by atoms with van der Waals surface area (Å²) in [4.78, 5) is 25.6. The molecule has 6 rings (SSSR count). The first-order valence-corrected chi connectivity index (χ1v) is 16.0. The molecule has 0 radical (unpaired) electrons. The van der Waals surface area contributed by atoms with Crippen LogP contribution in [0, 0.1) is 46.3 Å². The van der Waals surface area contributed by atoms with E-state index >= 15 is 4.39 Å². The normalized spacial score (nSPS) is 51.2. The van der Waals surface area contributed by atoms with Crippen LogP contribution in [-0.4, -0.2) is 51.6 Å². The van der Waals surface area contributed by atoms with Gasteiger partial charge in [-0.15, -0.1) is 0 Å². The molecule has 5 fully saturated rings. The van der Waals surface area contributed by atoms with Gasteiger partial charge in [0.2, 0.25) is 5.79 Å². The topological polar surface area (TPSA) is 82.1 Å². The van der Waals surface area contributed by atoms with Gasteiger partial charge >= 0.3 is 5.97 Å². The molecule has 1 N–H and O–H groups in total. The van der Waals surface area contributed by atoms with E-state index in [0.29, 0.717) is 25.4 Å². The van der Waals surface area contributed by atoms with Crippen LogP contribution in [-0.2, 0) is 23.8 Å². The first-order valence-electron chi connectivity index (χ1n) is 14.6. The summed E-state index contributed by atoms with van der Waals surface area (Å²) in [6.45, 7) is 9.98. The van der Waals surface area contributed by atoms with Crippen LogP contribution in [0.2, 0.25) is 0 Å². The molecule has 0 aromatic carbocycles. The zero-order valence-corrected chi connectivity index (χ0v) is 26.2. The zero-order chi connectivity index (χ0) is 29.4. The van der Waals surface area contributed by atoms with E-state index in [4.69, 9.17) is 49.0 Å². The van der Waals surface area contributed by atoms with Gasteiger partial charge in [-0.1, -0.05) is 68.1 Å². The van der Waals surface area contributed by atoms with Crippen LogP contribution >= 0.6 is 34.8 Å². The lowest BCUT2D eigenvalue weighted by Gasteiger charge is -2.56. The summed E-state index contributed by atoms with van der Waals surface area (Å²) < 4.78 is 32.6. The molecular weight excluding hydrogens is 582 g/mol. The second kappa shape index (κ2) is 10.6. The summed E-state index contributed by atoms with van der Waals surface area (Å²) in [5.41, 5.74) is 0.275. The van der Waals surface area contributed by atoms with Crippen molar-refractivity contribution in [1.29, 1.82) is 0 Å². The van der Waals surface area contributed by atoms with Crippen molar-refractivity contribution in [3.05, 3.63) is 11.6 Å². The highest BCUT2D eigenvalue weighted by molar-refractivity contribution is 6.63. The zero-order valence-electron chi connectivity index (χ0n) is 23.9. The van der Waals surface area contributed by atoms with Gasteiger partial charge in [0.05, 0.1) is 6.61 Å². The standard InChI is InChI=1S/C29H41FO6.CHCl3/c1-15-10-23(30)29(34-14-15)16(2)25-27(5)22(13-28(25,33)36-29)20-7-6-18-11-19(35-17(3)31)8-9-26(18,4)21(20)12-24(27)32;2-1(3)4/h12,15-16,18-20,22-23,25,33H,6-11,13-14H2,1-5H3;1H/t15-,16+,18+,19+,20-,22+,23-,25-,26+,27-,28+,29+;/m1./s1. The second-order valence-electron chi connectivity index (χ2n) is 13.7. The molecule has 3 saturated carbocycles. The van der Waals surface area contributed by atoms with Gasteiger partial charge in [-0.3, -0.25) is 9.59 Å². The number of alkyl halides is 4. The molecule has 2 saturated heterocycles. The molecule has 0 bridgehead atoms. The maximum atomic E-state index is 15.5. The van der Waals surface area contributed by atoms with Gasteiger partial charge in [0, 0.05) is 30.6 Å². The third-order valence-electron chi connectivity index (χ3n) is 11.5. The predicted molar refractivity (Wildman–Crippen MR) is 150 cm³/mol. The van der Waals surface area contributed by atoms with Gasteiger partial charge in [-0.2, -0.15) is 0 Å². The number of esters is 1. The largest absolute Gasteiger partial charge is 0.463 e. The SMILES string of the molecule is CC(=O)O[C@H]1CC[C@]2(C)C3=CC(=O)[C@]4(C)[C@H]5[C@H](C)[C@]6(OC[C@H](C)C[C@H]6F)O[C@@]5(O)C[C@H]4[C@@H]3CC[C@H]2C1.ClC(Cl)Cl. The highest BCUT2D eigenvalue weighted by Crippen LogP contribution is 2.71. The Labute approximate surface area is 251 Å². The molecular formula is C30H42Cl3FO6. The van der Waals surface area contributed by atoms with Crippen molar-refractivity contribution in [3.63, 3.8) is 0 Å². The minimum Gasteiger partial charge on any atom is -0.463 e. The first-order chi connectivity index (χ1) is 18.6. The van der Waals surface area contributed by atoms with Crippen molar-refractivity contribution in [1.82, 2.24) is 0 Å². The van der Waals surface area contributed by atoms with Gasteiger partial charge in [-0.05, 0) is 73.7 Å². The van der Waals surface area contributed by atoms with E-state index in [0.717, 1.165) is 32.1 Å². The van der Waals surface area contributed by atoms with Crippen LogP contribution in [0.5, 0.6) is 0 Å². The maximum absolute atomic E-state index is 15.5. The highest BCUT2D eigenvalue weighted by atomic mass is 35.6. The van der Waals surface area contributed by atoms with E-state index in [-0.39, 0.29) is 41.0 Å². The maximum Gasteiger partial charge on any atom is 0.302 e. The smallest absolute Gasteiger partial charge is 0.302 e. The highest BCUT2D eigenvalue weighted by Gasteiger charge is 2.77. The fourth-order valence-electron chi connectivity index (χ4n) is 9.79. The lowest BCUT2D eigenvalue weighted by atomic mass is 9.48. The second-order valence-corrected chi connectivity index (χ2v) is 15.6. The Morgan fingerprint density at radius 1 is 1.18 bits per heavy atom. The van der Waals surface area contributed by atoms with E-state index in [1.165, 1.54) is 12.5 Å². The molecule has 0 amide bonds. The number of allylic oxidation sites excluding steroid dienone is 2. The molecule has 226 valence electrons. The number of rotatable bonds is 1. The number of hydrogen-bond donors (Lipinski definition) is 1. The van der Waals surface area contributed by atoms with Gasteiger partial charge < -0.3 is 19.3 Å². The van der Waals surface area contributed by atoms with Crippen LogP contribution in [0.4, 0.5) is 4.39 Å². The van der Waals surface area contributed by atoms with E-state index < -0.39 is 39.3 Å². The Morgan fingerprint density at radius 2 is 1.85 bits per heavy atom. The van der Waals surface area contributed by atoms with Gasteiger partial charge in [-0.25, -0.2) is 4.39 Å². The van der Waals surface area contributed by atoms with Crippen LogP contribution < -0.4 is 0 Å². The lowest BCUT2D eigenvalue weighted by molar-refractivity contribution is -0.351. The molecule has 12 atom stereocenters. The van der Waals surface area contributed by atoms with Crippen molar-refractivity contribution in [2.24, 2.45) is 46.3 Å². The van der Waals surface area contributed by atoms with Crippen LogP contribution in [0.25, 0.3) is 0 Å². The number of ether oxygens (including phenoxy) is 3. The average molecular weight is 624 g/mol. The molecule has 40 heavy (non-hydrogen) atoms. The summed E-state index contributed by atoms with van der Waals surface area (Å²) in [6.07, 6.45) is 5.63. The van der Waals surface area contributed by atoms with Crippen LogP contribution in [0.3, 0.4) is 0 Å². The Hall–Kier alpha value is -0.440. The predicted octanol–water partition coefficient (Wildman–Crippen LogP) is 6.72. The quantitative estimate of drug-likeness (QED) is 0.258. The summed E-state index contributed by atoms with van der Waals surface area (Å²) in [5.74, 6) is -3.62. The molecule has 6 nitrogen and oxygen atoms in total. The number of ketones is 1. The van der Waals surface area contributed by atoms with Crippen molar-refractivity contribution in [2.75, 3.05) is 6.61 Å². The molecule has 0 aromatic heterocycles. The van der Waals surface area contributed by atoms with E-state index in [1.807, 2.05) is 26.8 Å². The Balaban J connectivity index is 0.000000758. The third-order valence-corrected chi connectivity index (χ3v) is 11.5. The Morgan fingerprint density at radius 3 is 2.48 bits per heavy atom. The van der Waals surface area contributed by atoms with E-state index in [9.17, 15) is 14.7 Å². The number of carbonyl (C=O) groups is 2. The molecule has 0 unspecified atom stereocenters. The summed E-state index contributed by atoms with van der Waals surface area (Å²) in [5, 5.41) is 11.9. The van der Waals surface area contributed by atoms with Gasteiger partial charge in [0.1, 0.15) is 6.10 Å². The molecule has 2 aliphatic heterocycles. The number of hydrogen-bond acceptors (Lipinski definition) is 6.